The first-order valence-corrected chi connectivity index (χ1v) is 9.80. The van der Waals surface area contributed by atoms with Crippen LogP contribution in [0.5, 0.6) is 11.5 Å². The molecule has 5 heteroatoms. The fourth-order valence-electron chi connectivity index (χ4n) is 2.95. The summed E-state index contributed by atoms with van der Waals surface area (Å²) in [4.78, 5) is 4.50. The van der Waals surface area contributed by atoms with Crippen molar-refractivity contribution in [3.8, 4) is 11.5 Å². The highest BCUT2D eigenvalue weighted by Crippen LogP contribution is 2.27. The van der Waals surface area contributed by atoms with Crippen LogP contribution in [0.1, 0.15) is 11.1 Å². The number of ether oxygens (including phenoxy) is 2. The molecule has 27 heavy (non-hydrogen) atoms. The number of rotatable bonds is 7. The molecule has 0 radical (unpaired) electrons. The zero-order valence-electron chi connectivity index (χ0n) is 15.6. The Kier molecular flexibility index (Phi) is 6.60. The van der Waals surface area contributed by atoms with Crippen LogP contribution in [0.3, 0.4) is 0 Å². The summed E-state index contributed by atoms with van der Waals surface area (Å²) in [6.45, 7) is 0.643. The lowest BCUT2D eigenvalue weighted by Crippen LogP contribution is -2.08. The van der Waals surface area contributed by atoms with Crippen molar-refractivity contribution in [2.45, 2.75) is 12.2 Å². The Morgan fingerprint density at radius 3 is 2.56 bits per heavy atom. The third kappa shape index (κ3) is 4.95. The SMILES string of the molecule is COc1ccc(CCN=C(N)SCc2cccc3ccccc23)cc1OC. The predicted molar refractivity (Wildman–Crippen MR) is 115 cm³/mol. The molecule has 0 aliphatic heterocycles. The Balaban J connectivity index is 1.57. The highest BCUT2D eigenvalue weighted by Gasteiger charge is 2.05. The van der Waals surface area contributed by atoms with E-state index in [1.54, 1.807) is 26.0 Å². The quantitative estimate of drug-likeness (QED) is 0.479. The molecule has 0 amide bonds. The molecular weight excluding hydrogens is 356 g/mol. The maximum Gasteiger partial charge on any atom is 0.160 e. The van der Waals surface area contributed by atoms with Gasteiger partial charge < -0.3 is 15.2 Å². The number of fused-ring (bicyclic) bond motifs is 1. The van der Waals surface area contributed by atoms with Crippen molar-refractivity contribution in [1.82, 2.24) is 0 Å². The smallest absolute Gasteiger partial charge is 0.160 e. The maximum absolute atomic E-state index is 6.10. The second-order valence-corrected chi connectivity index (χ2v) is 7.08. The van der Waals surface area contributed by atoms with Gasteiger partial charge in [-0.1, -0.05) is 60.3 Å². The van der Waals surface area contributed by atoms with E-state index in [4.69, 9.17) is 15.2 Å². The van der Waals surface area contributed by atoms with Crippen LogP contribution in [0.2, 0.25) is 0 Å². The van der Waals surface area contributed by atoms with Gasteiger partial charge in [0.2, 0.25) is 0 Å². The second kappa shape index (κ2) is 9.33. The first-order chi connectivity index (χ1) is 13.2. The third-order valence-electron chi connectivity index (χ3n) is 4.37. The lowest BCUT2D eigenvalue weighted by Gasteiger charge is -2.09. The van der Waals surface area contributed by atoms with Crippen molar-refractivity contribution in [3.63, 3.8) is 0 Å². The van der Waals surface area contributed by atoms with E-state index in [1.807, 2.05) is 18.2 Å². The summed E-state index contributed by atoms with van der Waals surface area (Å²) in [7, 11) is 3.28. The van der Waals surface area contributed by atoms with Crippen molar-refractivity contribution in [3.05, 3.63) is 71.8 Å². The van der Waals surface area contributed by atoms with Crippen LogP contribution in [0.25, 0.3) is 10.8 Å². The largest absolute Gasteiger partial charge is 0.493 e. The van der Waals surface area contributed by atoms with E-state index in [2.05, 4.69) is 47.5 Å². The van der Waals surface area contributed by atoms with Crippen molar-refractivity contribution >= 4 is 27.7 Å². The second-order valence-electron chi connectivity index (χ2n) is 6.09. The summed E-state index contributed by atoms with van der Waals surface area (Å²) in [5.41, 5.74) is 8.52. The van der Waals surface area contributed by atoms with E-state index in [-0.39, 0.29) is 0 Å². The molecule has 0 fully saturated rings. The van der Waals surface area contributed by atoms with E-state index >= 15 is 0 Å². The molecule has 0 aliphatic rings. The topological polar surface area (TPSA) is 56.8 Å². The predicted octanol–water partition coefficient (Wildman–Crippen LogP) is 4.65. The Morgan fingerprint density at radius 1 is 0.963 bits per heavy atom. The first-order valence-electron chi connectivity index (χ1n) is 8.81. The summed E-state index contributed by atoms with van der Waals surface area (Å²) in [6, 6.07) is 20.7. The molecule has 3 rings (SSSR count). The third-order valence-corrected chi connectivity index (χ3v) is 5.25. The average molecular weight is 381 g/mol. The fraction of sp³-hybridized carbons (Fsp3) is 0.227. The highest BCUT2D eigenvalue weighted by molar-refractivity contribution is 8.13. The van der Waals surface area contributed by atoms with Crippen LogP contribution < -0.4 is 15.2 Å². The molecule has 3 aromatic carbocycles. The normalized spacial score (nSPS) is 11.6. The number of amidine groups is 1. The molecule has 0 aromatic heterocycles. The minimum Gasteiger partial charge on any atom is -0.493 e. The van der Waals surface area contributed by atoms with E-state index in [0.717, 1.165) is 29.2 Å². The molecule has 140 valence electrons. The standard InChI is InChI=1S/C22H24N2O2S/c1-25-20-11-10-16(14-21(20)26-2)12-13-24-22(23)27-15-18-8-5-7-17-6-3-4-9-19(17)18/h3-11,14H,12-13,15H2,1-2H3,(H2,23,24). The van der Waals surface area contributed by atoms with Crippen LogP contribution in [0.4, 0.5) is 0 Å². The van der Waals surface area contributed by atoms with Crippen LogP contribution >= 0.6 is 11.8 Å². The number of nitrogens with two attached hydrogens (primary N) is 1. The molecule has 4 nitrogen and oxygen atoms in total. The summed E-state index contributed by atoms with van der Waals surface area (Å²) >= 11 is 1.58. The number of thioether (sulfide) groups is 1. The Labute approximate surface area is 164 Å². The van der Waals surface area contributed by atoms with Gasteiger partial charge in [0.05, 0.1) is 14.2 Å². The first kappa shape index (κ1) is 19.1. The Hall–Kier alpha value is -2.66. The van der Waals surface area contributed by atoms with Crippen molar-refractivity contribution < 1.29 is 9.47 Å². The van der Waals surface area contributed by atoms with Gasteiger partial charge in [-0.15, -0.1) is 0 Å². The molecule has 0 heterocycles. The summed E-state index contributed by atoms with van der Waals surface area (Å²) < 4.78 is 10.6. The molecule has 0 unspecified atom stereocenters. The van der Waals surface area contributed by atoms with E-state index in [9.17, 15) is 0 Å². The highest BCUT2D eigenvalue weighted by atomic mass is 32.2. The van der Waals surface area contributed by atoms with Gasteiger partial charge in [-0.3, -0.25) is 4.99 Å². The van der Waals surface area contributed by atoms with Gasteiger partial charge in [0, 0.05) is 12.3 Å². The van der Waals surface area contributed by atoms with Gasteiger partial charge in [0.1, 0.15) is 0 Å². The van der Waals surface area contributed by atoms with Crippen LogP contribution in [0, 0.1) is 0 Å². The molecule has 0 bridgehead atoms. The molecular formula is C22H24N2O2S. The number of methoxy groups -OCH3 is 2. The monoisotopic (exact) mass is 380 g/mol. The average Bonchev–Trinajstić information content (AvgIpc) is 2.72. The molecule has 0 saturated carbocycles. The molecule has 0 saturated heterocycles. The van der Waals surface area contributed by atoms with E-state index in [1.165, 1.54) is 16.3 Å². The molecule has 0 atom stereocenters. The van der Waals surface area contributed by atoms with Gasteiger partial charge in [0.25, 0.3) is 0 Å². The number of nitrogens with zero attached hydrogens (tertiary/aromatic N) is 1. The molecule has 2 N–H and O–H groups in total. The Bertz CT molecular complexity index is 935. The van der Waals surface area contributed by atoms with Gasteiger partial charge in [-0.25, -0.2) is 0 Å². The molecule has 0 aliphatic carbocycles. The zero-order chi connectivity index (χ0) is 19.1. The van der Waals surface area contributed by atoms with Crippen molar-refractivity contribution in [2.75, 3.05) is 20.8 Å². The fourth-order valence-corrected chi connectivity index (χ4v) is 3.68. The number of hydrogen-bond acceptors (Lipinski definition) is 4. The van der Waals surface area contributed by atoms with E-state index in [0.29, 0.717) is 11.7 Å². The molecule has 3 aromatic rings. The Morgan fingerprint density at radius 2 is 1.74 bits per heavy atom. The van der Waals surface area contributed by atoms with Gasteiger partial charge in [-0.2, -0.15) is 0 Å². The van der Waals surface area contributed by atoms with Gasteiger partial charge >= 0.3 is 0 Å². The van der Waals surface area contributed by atoms with Crippen molar-refractivity contribution in [1.29, 1.82) is 0 Å². The lowest BCUT2D eigenvalue weighted by atomic mass is 10.1. The zero-order valence-corrected chi connectivity index (χ0v) is 16.5. The van der Waals surface area contributed by atoms with Gasteiger partial charge in [0.15, 0.2) is 16.7 Å². The minimum absolute atomic E-state index is 0.614. The maximum atomic E-state index is 6.10. The summed E-state index contributed by atoms with van der Waals surface area (Å²) in [6.07, 6.45) is 0.801. The lowest BCUT2D eigenvalue weighted by molar-refractivity contribution is 0.354. The molecule has 0 spiro atoms. The van der Waals surface area contributed by atoms with Crippen molar-refractivity contribution in [2.24, 2.45) is 10.7 Å². The van der Waals surface area contributed by atoms with E-state index < -0.39 is 0 Å². The number of hydrogen-bond donors (Lipinski definition) is 1. The number of aliphatic imine (C=N–C) groups is 1. The summed E-state index contributed by atoms with van der Waals surface area (Å²) in [5, 5.41) is 3.13. The van der Waals surface area contributed by atoms with Crippen LogP contribution in [0.15, 0.2) is 65.7 Å². The van der Waals surface area contributed by atoms with Crippen LogP contribution in [-0.4, -0.2) is 25.9 Å². The minimum atomic E-state index is 0.614. The number of benzene rings is 3. The van der Waals surface area contributed by atoms with Crippen LogP contribution in [-0.2, 0) is 12.2 Å². The van der Waals surface area contributed by atoms with Gasteiger partial charge in [-0.05, 0) is 40.5 Å². The summed E-state index contributed by atoms with van der Waals surface area (Å²) in [5.74, 6) is 2.28.